The monoisotopic (exact) mass is 898 g/mol. The standard InChI is InChI=1S/C24H32ClN5O2.C19H22F3N5O2S/c1-15(2)26-13-19(17-4-6-18(25)7-5-17)24(32)30-10-8-29(9-11-30)23-21-16(3)12-20(31)22(21)27-14-28-23;1-10-14(11-6-7-24-13(9-11)18(2,3)19(20,21)22)30-16(25-10)26-17(29)27-8-4-5-12(27)15(23)28/h4-7,14-16,19-20,26,31H,8-13H2,1-3H3;6-7,9,12H,4-5,8H2,1-3H3,(H2,23,28)(H,25,26,29). The first-order valence-electron chi connectivity index (χ1n) is 20.7. The third-order valence-electron chi connectivity index (χ3n) is 11.7. The lowest BCUT2D eigenvalue weighted by molar-refractivity contribution is -0.181. The molecule has 0 bridgehead atoms. The highest BCUT2D eigenvalue weighted by molar-refractivity contribution is 7.19. The number of nitrogens with zero attached hydrogens (tertiary/aromatic N) is 7. The van der Waals surface area contributed by atoms with Gasteiger partial charge in [0.2, 0.25) is 11.8 Å². The number of hydrogen-bond acceptors (Lipinski definition) is 11. The zero-order valence-corrected chi connectivity index (χ0v) is 37.2. The number of rotatable bonds is 10. The summed E-state index contributed by atoms with van der Waals surface area (Å²) in [6.45, 7) is 13.8. The molecule has 5 N–H and O–H groups in total. The van der Waals surface area contributed by atoms with Crippen molar-refractivity contribution in [2.75, 3.05) is 49.5 Å². The molecule has 2 fully saturated rings. The second-order valence-electron chi connectivity index (χ2n) is 16.8. The molecule has 7 rings (SSSR count). The van der Waals surface area contributed by atoms with Crippen LogP contribution >= 0.6 is 22.9 Å². The van der Waals surface area contributed by atoms with E-state index in [4.69, 9.17) is 17.3 Å². The molecule has 5 heterocycles. The number of primary amides is 1. The van der Waals surface area contributed by atoms with Gasteiger partial charge in [0.05, 0.1) is 34.0 Å². The second-order valence-corrected chi connectivity index (χ2v) is 18.2. The van der Waals surface area contributed by atoms with Crippen molar-refractivity contribution in [3.8, 4) is 10.4 Å². The Morgan fingerprint density at radius 3 is 2.37 bits per heavy atom. The molecule has 4 atom stereocenters. The SMILES string of the molecule is CC(C)NCC(C(=O)N1CCN(c2ncnc3c2C(C)CC3O)CC1)c1ccc(Cl)cc1.Cc1nc(NC(=O)N2CCCC2C(N)=O)sc1-c1ccnc(C(C)(C)C(F)(F)F)c1. The van der Waals surface area contributed by atoms with Gasteiger partial charge in [-0.25, -0.2) is 19.7 Å². The van der Waals surface area contributed by atoms with E-state index in [-0.39, 0.29) is 28.6 Å². The number of aliphatic hydroxyl groups is 1. The fraction of sp³-hybridized carbons (Fsp3) is 0.512. The third-order valence-corrected chi connectivity index (χ3v) is 13.1. The molecular formula is C43H54ClF3N10O4S. The summed E-state index contributed by atoms with van der Waals surface area (Å²) in [5.74, 6) is 0.459. The van der Waals surface area contributed by atoms with Crippen molar-refractivity contribution in [2.24, 2.45) is 5.73 Å². The van der Waals surface area contributed by atoms with E-state index in [2.05, 4.69) is 56.2 Å². The van der Waals surface area contributed by atoms with Crippen LogP contribution < -0.4 is 21.3 Å². The maximum atomic E-state index is 13.5. The first kappa shape index (κ1) is 46.6. The molecular weight excluding hydrogens is 845 g/mol. The number of aryl methyl sites for hydroxylation is 1. The van der Waals surface area contributed by atoms with Crippen LogP contribution in [0.25, 0.3) is 10.4 Å². The summed E-state index contributed by atoms with van der Waals surface area (Å²) >= 11 is 7.20. The molecule has 0 spiro atoms. The van der Waals surface area contributed by atoms with Crippen molar-refractivity contribution in [3.63, 3.8) is 0 Å². The van der Waals surface area contributed by atoms with Gasteiger partial charge in [-0.15, -0.1) is 0 Å². The molecule has 0 saturated carbocycles. The Bertz CT molecular complexity index is 2230. The number of piperazine rings is 1. The topological polar surface area (TPSA) is 183 Å². The number of aliphatic hydroxyl groups excluding tert-OH is 1. The maximum Gasteiger partial charge on any atom is 0.399 e. The van der Waals surface area contributed by atoms with E-state index in [9.17, 15) is 32.7 Å². The summed E-state index contributed by atoms with van der Waals surface area (Å²) in [7, 11) is 0. The van der Waals surface area contributed by atoms with E-state index in [0.29, 0.717) is 85.7 Å². The normalized spacial score (nSPS) is 19.5. The molecule has 3 aromatic heterocycles. The number of fused-ring (bicyclic) bond motifs is 1. The molecule has 3 aliphatic rings. The van der Waals surface area contributed by atoms with Crippen LogP contribution in [0.2, 0.25) is 5.02 Å². The Morgan fingerprint density at radius 1 is 1.03 bits per heavy atom. The van der Waals surface area contributed by atoms with E-state index in [1.165, 1.54) is 17.2 Å². The van der Waals surface area contributed by atoms with Gasteiger partial charge in [0.15, 0.2) is 5.13 Å². The van der Waals surface area contributed by atoms with Gasteiger partial charge < -0.3 is 30.9 Å². The summed E-state index contributed by atoms with van der Waals surface area (Å²) in [5.41, 5.74) is 7.01. The number of nitrogens with two attached hydrogens (primary N) is 1. The summed E-state index contributed by atoms with van der Waals surface area (Å²) in [6, 6.07) is 9.73. The van der Waals surface area contributed by atoms with E-state index in [1.807, 2.05) is 29.2 Å². The summed E-state index contributed by atoms with van der Waals surface area (Å²) in [5, 5.41) is 17.3. The molecule has 2 saturated heterocycles. The summed E-state index contributed by atoms with van der Waals surface area (Å²) in [4.78, 5) is 60.8. The first-order valence-corrected chi connectivity index (χ1v) is 21.9. The zero-order valence-electron chi connectivity index (χ0n) is 35.7. The molecule has 334 valence electrons. The van der Waals surface area contributed by atoms with Crippen LogP contribution in [0.1, 0.15) is 100 Å². The predicted molar refractivity (Wildman–Crippen MR) is 233 cm³/mol. The maximum absolute atomic E-state index is 13.5. The minimum absolute atomic E-state index is 0.104. The Hall–Kier alpha value is -4.91. The van der Waals surface area contributed by atoms with Crippen LogP contribution in [0.15, 0.2) is 48.9 Å². The summed E-state index contributed by atoms with van der Waals surface area (Å²) in [6.07, 6.45) is -0.216. The second kappa shape index (κ2) is 19.2. The number of carbonyl (C=O) groups is 3. The van der Waals surface area contributed by atoms with Crippen molar-refractivity contribution >= 4 is 51.7 Å². The van der Waals surface area contributed by atoms with Crippen molar-refractivity contribution in [1.29, 1.82) is 0 Å². The lowest BCUT2D eigenvalue weighted by atomic mass is 9.87. The highest BCUT2D eigenvalue weighted by atomic mass is 35.5. The molecule has 19 heteroatoms. The largest absolute Gasteiger partial charge is 0.399 e. The van der Waals surface area contributed by atoms with Crippen LogP contribution in [0.4, 0.5) is 28.9 Å². The van der Waals surface area contributed by atoms with Crippen molar-refractivity contribution in [1.82, 2.24) is 35.1 Å². The molecule has 0 radical (unpaired) electrons. The third kappa shape index (κ3) is 10.3. The van der Waals surface area contributed by atoms with Gasteiger partial charge in [-0.2, -0.15) is 13.2 Å². The van der Waals surface area contributed by atoms with E-state index in [1.54, 1.807) is 19.3 Å². The van der Waals surface area contributed by atoms with Gasteiger partial charge in [-0.05, 0) is 81.3 Å². The van der Waals surface area contributed by atoms with Crippen LogP contribution in [0.5, 0.6) is 0 Å². The fourth-order valence-electron chi connectivity index (χ4n) is 7.95. The van der Waals surface area contributed by atoms with E-state index in [0.717, 1.165) is 47.8 Å². The number of alkyl halides is 3. The van der Waals surface area contributed by atoms with Gasteiger partial charge in [-0.3, -0.25) is 19.9 Å². The number of benzene rings is 1. The molecule has 14 nitrogen and oxygen atoms in total. The highest BCUT2D eigenvalue weighted by Crippen LogP contribution is 2.44. The molecule has 4 amide bonds. The van der Waals surface area contributed by atoms with Crippen LogP contribution in [-0.2, 0) is 15.0 Å². The number of urea groups is 1. The molecule has 1 aromatic carbocycles. The Labute approximate surface area is 368 Å². The minimum atomic E-state index is -4.45. The average molecular weight is 899 g/mol. The van der Waals surface area contributed by atoms with Crippen molar-refractivity contribution in [3.05, 3.63) is 82.2 Å². The number of anilines is 2. The number of pyridine rings is 1. The molecule has 4 aromatic rings. The van der Waals surface area contributed by atoms with Crippen LogP contribution in [0.3, 0.4) is 0 Å². The molecule has 62 heavy (non-hydrogen) atoms. The number of halogens is 4. The predicted octanol–water partition coefficient (Wildman–Crippen LogP) is 6.94. The van der Waals surface area contributed by atoms with Gasteiger partial charge in [0, 0.05) is 62.1 Å². The molecule has 2 aliphatic heterocycles. The van der Waals surface area contributed by atoms with Gasteiger partial charge in [0.1, 0.15) is 23.6 Å². The Kier molecular flexibility index (Phi) is 14.4. The number of nitrogens with one attached hydrogen (secondary N) is 2. The average Bonchev–Trinajstić information content (AvgIpc) is 3.95. The van der Waals surface area contributed by atoms with Gasteiger partial charge in [-0.1, -0.05) is 55.8 Å². The summed E-state index contributed by atoms with van der Waals surface area (Å²) < 4.78 is 40.1. The lowest BCUT2D eigenvalue weighted by Gasteiger charge is -2.38. The van der Waals surface area contributed by atoms with E-state index >= 15 is 0 Å². The number of likely N-dealkylation sites (tertiary alicyclic amines) is 1. The van der Waals surface area contributed by atoms with Crippen molar-refractivity contribution < 1.29 is 32.7 Å². The molecule has 4 unspecified atom stereocenters. The Morgan fingerprint density at radius 2 is 1.73 bits per heavy atom. The number of hydrogen-bond donors (Lipinski definition) is 4. The first-order chi connectivity index (χ1) is 29.3. The minimum Gasteiger partial charge on any atom is -0.387 e. The Balaban J connectivity index is 0.000000207. The smallest absolute Gasteiger partial charge is 0.387 e. The van der Waals surface area contributed by atoms with Crippen LogP contribution in [0, 0.1) is 6.92 Å². The van der Waals surface area contributed by atoms with Gasteiger partial charge in [0.25, 0.3) is 0 Å². The fourth-order valence-corrected chi connectivity index (χ4v) is 9.03. The number of thiazole rings is 1. The quantitative estimate of drug-likeness (QED) is 0.130. The molecule has 1 aliphatic carbocycles. The number of carbonyl (C=O) groups excluding carboxylic acids is 3. The highest BCUT2D eigenvalue weighted by Gasteiger charge is 2.49. The van der Waals surface area contributed by atoms with Crippen molar-refractivity contribution in [2.45, 2.75) is 102 Å². The number of aromatic nitrogens is 4. The number of amides is 4. The van der Waals surface area contributed by atoms with Crippen LogP contribution in [-0.4, -0.2) is 110 Å². The lowest BCUT2D eigenvalue weighted by Crippen LogP contribution is -2.51. The zero-order chi connectivity index (χ0) is 45.1. The van der Waals surface area contributed by atoms with Gasteiger partial charge >= 0.3 is 12.2 Å². The van der Waals surface area contributed by atoms with E-state index < -0.39 is 35.7 Å².